The van der Waals surface area contributed by atoms with Crippen LogP contribution in [-0.2, 0) is 4.79 Å². The second kappa shape index (κ2) is 10.7. The zero-order valence-electron chi connectivity index (χ0n) is 19.0. The molecule has 0 aliphatic heterocycles. The van der Waals surface area contributed by atoms with Gasteiger partial charge < -0.3 is 10.2 Å². The van der Waals surface area contributed by atoms with Gasteiger partial charge in [-0.05, 0) is 54.3 Å². The van der Waals surface area contributed by atoms with Crippen LogP contribution in [0.2, 0.25) is 5.02 Å². The molecule has 3 aromatic rings. The molecule has 2 aromatic carbocycles. The lowest BCUT2D eigenvalue weighted by molar-refractivity contribution is -0.121. The Morgan fingerprint density at radius 3 is 2.44 bits per heavy atom. The van der Waals surface area contributed by atoms with Crippen molar-refractivity contribution in [1.29, 1.82) is 0 Å². The normalized spacial score (nSPS) is 11.4. The topological polar surface area (TPSA) is 58.1 Å². The van der Waals surface area contributed by atoms with Gasteiger partial charge in [-0.2, -0.15) is 0 Å². The Bertz CT molecular complexity index is 1070. The summed E-state index contributed by atoms with van der Waals surface area (Å²) in [5.74, 6) is 1.71. The van der Waals surface area contributed by atoms with E-state index in [0.29, 0.717) is 53.3 Å². The fraction of sp³-hybridized carbons (Fsp3) is 0.400. The first-order valence-electron chi connectivity index (χ1n) is 11.0. The Kier molecular flexibility index (Phi) is 8.02. The molecule has 7 heteroatoms. The van der Waals surface area contributed by atoms with Gasteiger partial charge in [0.1, 0.15) is 11.6 Å². The van der Waals surface area contributed by atoms with Crippen LogP contribution in [0.1, 0.15) is 34.1 Å². The van der Waals surface area contributed by atoms with Crippen LogP contribution in [0.3, 0.4) is 0 Å². The van der Waals surface area contributed by atoms with Gasteiger partial charge >= 0.3 is 0 Å². The van der Waals surface area contributed by atoms with Crippen LogP contribution < -0.4 is 10.2 Å². The number of carbonyl (C=O) groups excluding carboxylic acids is 1. The predicted octanol–water partition coefficient (Wildman–Crippen LogP) is 5.71. The lowest BCUT2D eigenvalue weighted by atomic mass is 10.1. The van der Waals surface area contributed by atoms with Crippen molar-refractivity contribution in [3.05, 3.63) is 53.3 Å². The Balaban J connectivity index is 2.00. The minimum absolute atomic E-state index is 0.0209. The monoisotopic (exact) mass is 456 g/mol. The van der Waals surface area contributed by atoms with E-state index in [1.54, 1.807) is 18.2 Å². The Morgan fingerprint density at radius 1 is 1.06 bits per heavy atom. The van der Waals surface area contributed by atoms with Crippen LogP contribution in [0.15, 0.2) is 42.5 Å². The summed E-state index contributed by atoms with van der Waals surface area (Å²) in [6.45, 7) is 10.3. The van der Waals surface area contributed by atoms with E-state index in [0.717, 1.165) is 17.7 Å². The second-order valence-corrected chi connectivity index (χ2v) is 9.26. The van der Waals surface area contributed by atoms with Gasteiger partial charge in [0.15, 0.2) is 5.82 Å². The predicted molar refractivity (Wildman–Crippen MR) is 129 cm³/mol. The molecule has 0 unspecified atom stereocenters. The van der Waals surface area contributed by atoms with Crippen LogP contribution in [-0.4, -0.2) is 35.5 Å². The summed E-state index contributed by atoms with van der Waals surface area (Å²) in [7, 11) is 0. The van der Waals surface area contributed by atoms with Crippen LogP contribution in [0.5, 0.6) is 0 Å². The Labute approximate surface area is 194 Å². The quantitative estimate of drug-likeness (QED) is 0.447. The SMILES string of the molecule is CC(C)CNC(=O)CCN(CC(C)C)c1nc(-c2ccc(F)cc2)nc2cc(Cl)ccc12. The molecule has 0 radical (unpaired) electrons. The Morgan fingerprint density at radius 2 is 1.78 bits per heavy atom. The molecule has 1 heterocycles. The highest BCUT2D eigenvalue weighted by atomic mass is 35.5. The number of hydrogen-bond donors (Lipinski definition) is 1. The van der Waals surface area contributed by atoms with Crippen molar-refractivity contribution in [2.24, 2.45) is 11.8 Å². The van der Waals surface area contributed by atoms with E-state index in [9.17, 15) is 9.18 Å². The minimum Gasteiger partial charge on any atom is -0.356 e. The fourth-order valence-electron chi connectivity index (χ4n) is 3.42. The maximum atomic E-state index is 13.4. The zero-order valence-corrected chi connectivity index (χ0v) is 19.8. The van der Waals surface area contributed by atoms with Crippen LogP contribution in [0.4, 0.5) is 10.2 Å². The van der Waals surface area contributed by atoms with E-state index in [2.05, 4.69) is 42.9 Å². The molecule has 0 bridgehead atoms. The summed E-state index contributed by atoms with van der Waals surface area (Å²) in [5.41, 5.74) is 1.42. The molecule has 1 amide bonds. The van der Waals surface area contributed by atoms with Gasteiger partial charge in [0.2, 0.25) is 5.91 Å². The summed E-state index contributed by atoms with van der Waals surface area (Å²) in [6.07, 6.45) is 0.365. The van der Waals surface area contributed by atoms with Gasteiger partial charge in [-0.25, -0.2) is 14.4 Å². The van der Waals surface area contributed by atoms with Gasteiger partial charge in [-0.15, -0.1) is 0 Å². The highest BCUT2D eigenvalue weighted by Crippen LogP contribution is 2.30. The maximum absolute atomic E-state index is 13.4. The van der Waals surface area contributed by atoms with E-state index >= 15 is 0 Å². The number of rotatable bonds is 9. The van der Waals surface area contributed by atoms with Crippen molar-refractivity contribution in [2.45, 2.75) is 34.1 Å². The second-order valence-electron chi connectivity index (χ2n) is 8.83. The van der Waals surface area contributed by atoms with Crippen LogP contribution in [0, 0.1) is 17.7 Å². The van der Waals surface area contributed by atoms with Gasteiger partial charge in [0, 0.05) is 42.0 Å². The van der Waals surface area contributed by atoms with Gasteiger partial charge in [-0.1, -0.05) is 39.3 Å². The van der Waals surface area contributed by atoms with Crippen molar-refractivity contribution in [2.75, 3.05) is 24.5 Å². The third-order valence-corrected chi connectivity index (χ3v) is 5.18. The zero-order chi connectivity index (χ0) is 23.3. The third-order valence-electron chi connectivity index (χ3n) is 4.94. The molecule has 0 fully saturated rings. The summed E-state index contributed by atoms with van der Waals surface area (Å²) >= 11 is 6.24. The van der Waals surface area contributed by atoms with Crippen molar-refractivity contribution in [1.82, 2.24) is 15.3 Å². The third kappa shape index (κ3) is 6.39. The summed E-state index contributed by atoms with van der Waals surface area (Å²) in [4.78, 5) is 24.0. The van der Waals surface area contributed by atoms with Crippen molar-refractivity contribution >= 4 is 34.2 Å². The number of benzene rings is 2. The van der Waals surface area contributed by atoms with Crippen LogP contribution in [0.25, 0.3) is 22.3 Å². The molecule has 0 saturated carbocycles. The number of halogens is 2. The first kappa shape index (κ1) is 23.9. The van der Waals surface area contributed by atoms with E-state index < -0.39 is 0 Å². The van der Waals surface area contributed by atoms with Crippen molar-refractivity contribution in [3.8, 4) is 11.4 Å². The number of amides is 1. The number of nitrogens with zero attached hydrogens (tertiary/aromatic N) is 3. The number of fused-ring (bicyclic) bond motifs is 1. The molecule has 0 aliphatic carbocycles. The van der Waals surface area contributed by atoms with E-state index in [-0.39, 0.29) is 11.7 Å². The molecular weight excluding hydrogens is 427 g/mol. The number of nitrogens with one attached hydrogen (secondary N) is 1. The molecule has 170 valence electrons. The average molecular weight is 457 g/mol. The molecule has 5 nitrogen and oxygen atoms in total. The van der Waals surface area contributed by atoms with E-state index in [1.165, 1.54) is 12.1 Å². The smallest absolute Gasteiger partial charge is 0.221 e. The number of carbonyl (C=O) groups is 1. The van der Waals surface area contributed by atoms with Crippen molar-refractivity contribution < 1.29 is 9.18 Å². The van der Waals surface area contributed by atoms with E-state index in [1.807, 2.05) is 12.1 Å². The standard InChI is InChI=1S/C25H30ClFN4O/c1-16(2)14-28-23(32)11-12-31(15-17(3)4)25-21-10-7-19(26)13-22(21)29-24(30-25)18-5-8-20(27)9-6-18/h5-10,13,16-17H,11-12,14-15H2,1-4H3,(H,28,32). The summed E-state index contributed by atoms with van der Waals surface area (Å²) < 4.78 is 13.4. The number of anilines is 1. The average Bonchev–Trinajstić information content (AvgIpc) is 2.74. The molecular formula is C25H30ClFN4O. The first-order chi connectivity index (χ1) is 15.2. The van der Waals surface area contributed by atoms with Gasteiger partial charge in [0.25, 0.3) is 0 Å². The molecule has 3 rings (SSSR count). The lowest BCUT2D eigenvalue weighted by Crippen LogP contribution is -2.35. The highest BCUT2D eigenvalue weighted by molar-refractivity contribution is 6.31. The van der Waals surface area contributed by atoms with Gasteiger partial charge in [-0.3, -0.25) is 4.79 Å². The molecule has 1 N–H and O–H groups in total. The maximum Gasteiger partial charge on any atom is 0.221 e. The first-order valence-corrected chi connectivity index (χ1v) is 11.4. The number of hydrogen-bond acceptors (Lipinski definition) is 4. The highest BCUT2D eigenvalue weighted by Gasteiger charge is 2.18. The minimum atomic E-state index is -0.313. The molecule has 0 spiro atoms. The van der Waals surface area contributed by atoms with Gasteiger partial charge in [0.05, 0.1) is 5.52 Å². The van der Waals surface area contributed by atoms with Crippen molar-refractivity contribution in [3.63, 3.8) is 0 Å². The Hall–Kier alpha value is -2.73. The molecule has 0 saturated heterocycles. The summed E-state index contributed by atoms with van der Waals surface area (Å²) in [6, 6.07) is 11.6. The van der Waals surface area contributed by atoms with Crippen LogP contribution >= 0.6 is 11.6 Å². The number of aromatic nitrogens is 2. The molecule has 0 aliphatic rings. The fourth-order valence-corrected chi connectivity index (χ4v) is 3.59. The molecule has 0 atom stereocenters. The molecule has 32 heavy (non-hydrogen) atoms. The summed E-state index contributed by atoms with van der Waals surface area (Å²) in [5, 5.41) is 4.42. The molecule has 1 aromatic heterocycles. The largest absolute Gasteiger partial charge is 0.356 e. The van der Waals surface area contributed by atoms with E-state index in [4.69, 9.17) is 16.6 Å². The lowest BCUT2D eigenvalue weighted by Gasteiger charge is -2.27.